The van der Waals surface area contributed by atoms with Gasteiger partial charge in [-0.3, -0.25) is 4.68 Å². The SMILES string of the molecule is CO.Fc1ccc(Nc2ncnc3sc4c(c23)CCc2nn(CCN3CCCC3)cc2-4)cc1Cl. The fourth-order valence-electron chi connectivity index (χ4n) is 4.70. The van der Waals surface area contributed by atoms with E-state index in [9.17, 15) is 4.39 Å². The zero-order valence-corrected chi connectivity index (χ0v) is 20.5. The summed E-state index contributed by atoms with van der Waals surface area (Å²) in [6.07, 6.45) is 8.18. The predicted octanol–water partition coefficient (Wildman–Crippen LogP) is 4.89. The lowest BCUT2D eigenvalue weighted by atomic mass is 9.95. The predicted molar refractivity (Wildman–Crippen MR) is 135 cm³/mol. The minimum Gasteiger partial charge on any atom is -0.400 e. The van der Waals surface area contributed by atoms with Gasteiger partial charge in [-0.1, -0.05) is 11.6 Å². The number of fused-ring (bicyclic) bond motifs is 5. The first-order valence-corrected chi connectivity index (χ1v) is 12.6. The molecule has 1 fully saturated rings. The molecule has 0 amide bonds. The van der Waals surface area contributed by atoms with Crippen LogP contribution in [0.15, 0.2) is 30.7 Å². The number of aliphatic hydroxyl groups excluding tert-OH is 1. The highest BCUT2D eigenvalue weighted by molar-refractivity contribution is 7.22. The third-order valence-electron chi connectivity index (χ3n) is 6.31. The van der Waals surface area contributed by atoms with Crippen LogP contribution in [0, 0.1) is 5.82 Å². The van der Waals surface area contributed by atoms with Crippen molar-refractivity contribution < 1.29 is 9.50 Å². The van der Waals surface area contributed by atoms with E-state index in [1.54, 1.807) is 29.8 Å². The van der Waals surface area contributed by atoms with Crippen molar-refractivity contribution >= 4 is 44.7 Å². The number of aryl methyl sites for hydroxylation is 2. The second-order valence-corrected chi connectivity index (χ2v) is 9.77. The minimum atomic E-state index is -0.438. The number of aromatic nitrogens is 4. The largest absolute Gasteiger partial charge is 0.400 e. The van der Waals surface area contributed by atoms with E-state index in [4.69, 9.17) is 21.8 Å². The third-order valence-corrected chi connectivity index (χ3v) is 7.77. The number of halogens is 2. The van der Waals surface area contributed by atoms with Crippen LogP contribution in [0.3, 0.4) is 0 Å². The Bertz CT molecular complexity index is 1320. The van der Waals surface area contributed by atoms with Crippen molar-refractivity contribution in [2.24, 2.45) is 0 Å². The highest BCUT2D eigenvalue weighted by atomic mass is 35.5. The monoisotopic (exact) mass is 500 g/mol. The third kappa shape index (κ3) is 4.40. The Morgan fingerprint density at radius 2 is 1.97 bits per heavy atom. The van der Waals surface area contributed by atoms with Gasteiger partial charge in [0.2, 0.25) is 0 Å². The Balaban J connectivity index is 0.00000117. The van der Waals surface area contributed by atoms with Crippen LogP contribution in [-0.4, -0.2) is 56.5 Å². The number of likely N-dealkylation sites (tertiary alicyclic amines) is 1. The van der Waals surface area contributed by atoms with E-state index in [1.165, 1.54) is 53.7 Å². The van der Waals surface area contributed by atoms with Crippen LogP contribution in [-0.2, 0) is 19.4 Å². The maximum atomic E-state index is 13.6. The normalized spacial score (nSPS) is 15.1. The number of nitrogens with zero attached hydrogens (tertiary/aromatic N) is 5. The number of rotatable bonds is 5. The van der Waals surface area contributed by atoms with E-state index < -0.39 is 5.82 Å². The maximum absolute atomic E-state index is 13.6. The van der Waals surface area contributed by atoms with Crippen molar-refractivity contribution in [3.63, 3.8) is 0 Å². The van der Waals surface area contributed by atoms with Crippen LogP contribution in [0.1, 0.15) is 24.1 Å². The lowest BCUT2D eigenvalue weighted by molar-refractivity contribution is 0.315. The molecule has 178 valence electrons. The molecule has 2 aliphatic rings. The van der Waals surface area contributed by atoms with Gasteiger partial charge in [-0.05, 0) is 62.5 Å². The number of thiophene rings is 1. The summed E-state index contributed by atoms with van der Waals surface area (Å²) >= 11 is 7.65. The number of aliphatic hydroxyl groups is 1. The van der Waals surface area contributed by atoms with Crippen molar-refractivity contribution in [3.8, 4) is 10.4 Å². The van der Waals surface area contributed by atoms with Crippen LogP contribution in [0.4, 0.5) is 15.9 Å². The topological polar surface area (TPSA) is 79.1 Å². The summed E-state index contributed by atoms with van der Waals surface area (Å²) in [6.45, 7) is 4.38. The fraction of sp³-hybridized carbons (Fsp3) is 0.375. The Morgan fingerprint density at radius 3 is 2.76 bits per heavy atom. The van der Waals surface area contributed by atoms with E-state index in [-0.39, 0.29) is 5.02 Å². The molecule has 1 aliphatic heterocycles. The first-order chi connectivity index (χ1) is 16.7. The number of nitrogens with one attached hydrogen (secondary N) is 1. The first-order valence-electron chi connectivity index (χ1n) is 11.4. The van der Waals surface area contributed by atoms with Gasteiger partial charge in [-0.25, -0.2) is 14.4 Å². The molecule has 4 heterocycles. The van der Waals surface area contributed by atoms with Crippen LogP contribution in [0.2, 0.25) is 5.02 Å². The molecule has 4 aromatic rings. The summed E-state index contributed by atoms with van der Waals surface area (Å²) in [5.41, 5.74) is 4.33. The van der Waals surface area contributed by atoms with Crippen molar-refractivity contribution in [3.05, 3.63) is 52.8 Å². The molecule has 0 radical (unpaired) electrons. The van der Waals surface area contributed by atoms with Gasteiger partial charge in [0.15, 0.2) is 0 Å². The molecule has 2 N–H and O–H groups in total. The smallest absolute Gasteiger partial charge is 0.142 e. The number of hydrogen-bond acceptors (Lipinski definition) is 7. The van der Waals surface area contributed by atoms with Crippen LogP contribution in [0.5, 0.6) is 0 Å². The van der Waals surface area contributed by atoms with Gasteiger partial charge in [0.05, 0.1) is 22.6 Å². The zero-order valence-electron chi connectivity index (χ0n) is 18.9. The summed E-state index contributed by atoms with van der Waals surface area (Å²) in [5.74, 6) is 0.285. The molecule has 0 unspecified atom stereocenters. The van der Waals surface area contributed by atoms with E-state index in [2.05, 4.69) is 31.1 Å². The number of anilines is 2. The zero-order chi connectivity index (χ0) is 23.7. The summed E-state index contributed by atoms with van der Waals surface area (Å²) in [7, 11) is 1.00. The maximum Gasteiger partial charge on any atom is 0.142 e. The van der Waals surface area contributed by atoms with E-state index in [1.807, 2.05) is 0 Å². The van der Waals surface area contributed by atoms with Crippen molar-refractivity contribution in [1.29, 1.82) is 0 Å². The van der Waals surface area contributed by atoms with Crippen LogP contribution >= 0.6 is 22.9 Å². The molecule has 0 saturated carbocycles. The molecular weight excluding hydrogens is 475 g/mol. The van der Waals surface area contributed by atoms with E-state index in [0.29, 0.717) is 5.69 Å². The molecule has 1 aliphatic carbocycles. The summed E-state index contributed by atoms with van der Waals surface area (Å²) in [5, 5.41) is 16.3. The average Bonchev–Trinajstić information content (AvgIpc) is 3.59. The van der Waals surface area contributed by atoms with Gasteiger partial charge in [-0.2, -0.15) is 5.10 Å². The summed E-state index contributed by atoms with van der Waals surface area (Å²) in [6, 6.07) is 4.59. The molecule has 1 saturated heterocycles. The van der Waals surface area contributed by atoms with E-state index in [0.717, 1.165) is 49.1 Å². The Hall–Kier alpha value is -2.59. The van der Waals surface area contributed by atoms with Gasteiger partial charge in [0, 0.05) is 36.0 Å². The van der Waals surface area contributed by atoms with Crippen LogP contribution in [0.25, 0.3) is 20.7 Å². The number of benzene rings is 1. The molecule has 6 rings (SSSR count). The van der Waals surface area contributed by atoms with E-state index >= 15 is 0 Å². The first kappa shape index (κ1) is 23.2. The van der Waals surface area contributed by atoms with Gasteiger partial charge < -0.3 is 15.3 Å². The quantitative estimate of drug-likeness (QED) is 0.406. The molecule has 34 heavy (non-hydrogen) atoms. The molecule has 7 nitrogen and oxygen atoms in total. The van der Waals surface area contributed by atoms with Gasteiger partial charge in [0.1, 0.15) is 22.8 Å². The number of hydrogen-bond donors (Lipinski definition) is 2. The molecule has 1 aromatic carbocycles. The molecule has 0 spiro atoms. The molecule has 0 atom stereocenters. The van der Waals surface area contributed by atoms with Crippen LogP contribution < -0.4 is 5.32 Å². The summed E-state index contributed by atoms with van der Waals surface area (Å²) < 4.78 is 15.7. The van der Waals surface area contributed by atoms with Gasteiger partial charge in [0.25, 0.3) is 0 Å². The Morgan fingerprint density at radius 1 is 1.15 bits per heavy atom. The van der Waals surface area contributed by atoms with Gasteiger partial charge >= 0.3 is 0 Å². The second kappa shape index (κ2) is 9.95. The molecule has 0 bridgehead atoms. The van der Waals surface area contributed by atoms with Gasteiger partial charge in [-0.15, -0.1) is 11.3 Å². The minimum absolute atomic E-state index is 0.0821. The molecule has 3 aromatic heterocycles. The average molecular weight is 501 g/mol. The lowest BCUT2D eigenvalue weighted by Gasteiger charge is -2.13. The standard InChI is InChI=1S/C23H22ClFN6S.CH4O/c24-17-11-14(3-5-18(17)25)28-22-20-15-4-6-19-16(21(15)32-23(20)27-13-26-22)12-31(29-19)10-9-30-7-1-2-8-30;1-2/h3,5,11-13H,1-2,4,6-10H2,(H,26,27,28);2H,1H3. The van der Waals surface area contributed by atoms with Crippen molar-refractivity contribution in [2.45, 2.75) is 32.2 Å². The highest BCUT2D eigenvalue weighted by Crippen LogP contribution is 2.45. The second-order valence-electron chi connectivity index (χ2n) is 8.37. The lowest BCUT2D eigenvalue weighted by Crippen LogP contribution is -2.24. The highest BCUT2D eigenvalue weighted by Gasteiger charge is 2.26. The fourth-order valence-corrected chi connectivity index (χ4v) is 6.10. The molecule has 10 heteroatoms. The molecular formula is C24H26ClFN6OS. The summed E-state index contributed by atoms with van der Waals surface area (Å²) in [4.78, 5) is 13.7. The Labute approximate surface area is 206 Å². The van der Waals surface area contributed by atoms with Crippen molar-refractivity contribution in [1.82, 2.24) is 24.6 Å². The van der Waals surface area contributed by atoms with Crippen molar-refractivity contribution in [2.75, 3.05) is 32.1 Å². The Kier molecular flexibility index (Phi) is 6.78.